The molecule has 1 aliphatic rings. The van der Waals surface area contributed by atoms with Crippen molar-refractivity contribution < 1.29 is 18.0 Å². The number of anilines is 1. The number of rotatable bonds is 1. The van der Waals surface area contributed by atoms with Crippen molar-refractivity contribution in [1.82, 2.24) is 5.32 Å². The Morgan fingerprint density at radius 3 is 2.59 bits per heavy atom. The van der Waals surface area contributed by atoms with Gasteiger partial charge in [0.05, 0.1) is 5.56 Å². The lowest BCUT2D eigenvalue weighted by Gasteiger charge is -2.17. The van der Waals surface area contributed by atoms with Gasteiger partial charge in [-0.3, -0.25) is 4.79 Å². The third-order valence-corrected chi connectivity index (χ3v) is 2.80. The quantitative estimate of drug-likeness (QED) is 0.741. The van der Waals surface area contributed by atoms with Crippen molar-refractivity contribution in [3.8, 4) is 0 Å². The van der Waals surface area contributed by atoms with Crippen LogP contribution in [0, 0.1) is 0 Å². The molecule has 0 aromatic heterocycles. The summed E-state index contributed by atoms with van der Waals surface area (Å²) in [6.07, 6.45) is -4.36. The molecular formula is C11H11F3N2O. The van der Waals surface area contributed by atoms with Crippen molar-refractivity contribution in [1.29, 1.82) is 0 Å². The van der Waals surface area contributed by atoms with E-state index in [2.05, 4.69) is 5.32 Å². The maximum Gasteiger partial charge on any atom is 0.416 e. The molecule has 92 valence electrons. The molecule has 0 spiro atoms. The van der Waals surface area contributed by atoms with E-state index in [1.807, 2.05) is 0 Å². The van der Waals surface area contributed by atoms with Crippen LogP contribution in [0.2, 0.25) is 0 Å². The number of amides is 1. The van der Waals surface area contributed by atoms with Gasteiger partial charge in [-0.25, -0.2) is 0 Å². The number of alkyl halides is 3. The molecule has 17 heavy (non-hydrogen) atoms. The lowest BCUT2D eigenvalue weighted by atomic mass is 9.92. The van der Waals surface area contributed by atoms with Gasteiger partial charge in [0, 0.05) is 24.6 Å². The van der Waals surface area contributed by atoms with E-state index >= 15 is 0 Å². The molecule has 1 fully saturated rings. The number of halogens is 3. The lowest BCUT2D eigenvalue weighted by Crippen LogP contribution is -2.15. The highest BCUT2D eigenvalue weighted by molar-refractivity contribution is 5.79. The second-order valence-corrected chi connectivity index (χ2v) is 4.05. The molecule has 2 rings (SSSR count). The maximum absolute atomic E-state index is 12.8. The minimum absolute atomic E-state index is 0.0679. The first kappa shape index (κ1) is 11.8. The molecular weight excluding hydrogens is 233 g/mol. The zero-order valence-electron chi connectivity index (χ0n) is 8.84. The molecule has 1 heterocycles. The summed E-state index contributed by atoms with van der Waals surface area (Å²) in [5.41, 5.74) is 4.81. The molecule has 0 saturated carbocycles. The first-order valence-corrected chi connectivity index (χ1v) is 5.11. The van der Waals surface area contributed by atoms with Crippen molar-refractivity contribution in [2.24, 2.45) is 0 Å². The second kappa shape index (κ2) is 3.94. The first-order valence-electron chi connectivity index (χ1n) is 5.11. The SMILES string of the molecule is Nc1ccc([C@@H]2CNC(=O)C2)c(C(F)(F)F)c1. The molecule has 0 bridgehead atoms. The van der Waals surface area contributed by atoms with Gasteiger partial charge < -0.3 is 11.1 Å². The number of hydrogen-bond donors (Lipinski definition) is 2. The molecule has 1 atom stereocenters. The van der Waals surface area contributed by atoms with Gasteiger partial charge >= 0.3 is 6.18 Å². The highest BCUT2D eigenvalue weighted by atomic mass is 19.4. The Labute approximate surface area is 95.8 Å². The Balaban J connectivity index is 2.43. The third-order valence-electron chi connectivity index (χ3n) is 2.80. The normalized spacial score (nSPS) is 20.4. The van der Waals surface area contributed by atoms with Gasteiger partial charge in [-0.15, -0.1) is 0 Å². The number of carbonyl (C=O) groups excluding carboxylic acids is 1. The first-order chi connectivity index (χ1) is 7.88. The van der Waals surface area contributed by atoms with Crippen LogP contribution >= 0.6 is 0 Å². The predicted octanol–water partition coefficient (Wildman–Crippen LogP) is 1.89. The fourth-order valence-corrected chi connectivity index (χ4v) is 2.00. The molecule has 0 unspecified atom stereocenters. The predicted molar refractivity (Wildman–Crippen MR) is 56.2 cm³/mol. The molecule has 3 N–H and O–H groups in total. The standard InChI is InChI=1S/C11H11F3N2O/c12-11(13,14)9-4-7(15)1-2-8(9)6-3-10(17)16-5-6/h1-2,4,6H,3,5,15H2,(H,16,17)/t6-/m0/s1. The summed E-state index contributed by atoms with van der Waals surface area (Å²) >= 11 is 0. The monoisotopic (exact) mass is 244 g/mol. The molecule has 1 saturated heterocycles. The van der Waals surface area contributed by atoms with Crippen LogP contribution in [0.25, 0.3) is 0 Å². The Morgan fingerprint density at radius 1 is 1.35 bits per heavy atom. The number of nitrogen functional groups attached to an aromatic ring is 1. The Kier molecular flexibility index (Phi) is 2.73. The molecule has 1 aromatic rings. The van der Waals surface area contributed by atoms with Crippen LogP contribution in [0.15, 0.2) is 18.2 Å². The van der Waals surface area contributed by atoms with E-state index in [1.54, 1.807) is 0 Å². The summed E-state index contributed by atoms with van der Waals surface area (Å²) < 4.78 is 38.5. The fraction of sp³-hybridized carbons (Fsp3) is 0.364. The summed E-state index contributed by atoms with van der Waals surface area (Å²) in [7, 11) is 0. The largest absolute Gasteiger partial charge is 0.416 e. The highest BCUT2D eigenvalue weighted by Crippen LogP contribution is 2.38. The van der Waals surface area contributed by atoms with Crippen LogP contribution in [0.1, 0.15) is 23.5 Å². The van der Waals surface area contributed by atoms with Crippen LogP contribution in [0.3, 0.4) is 0 Å². The van der Waals surface area contributed by atoms with Crippen LogP contribution in [0.4, 0.5) is 18.9 Å². The average Bonchev–Trinajstić information content (AvgIpc) is 2.63. The number of hydrogen-bond acceptors (Lipinski definition) is 2. The summed E-state index contributed by atoms with van der Waals surface area (Å²) in [5.74, 6) is -0.653. The van der Waals surface area contributed by atoms with E-state index in [0.29, 0.717) is 0 Å². The third kappa shape index (κ3) is 2.35. The van der Waals surface area contributed by atoms with Crippen molar-refractivity contribution in [2.75, 3.05) is 12.3 Å². The summed E-state index contributed by atoms with van der Waals surface area (Å²) in [6.45, 7) is 0.242. The van der Waals surface area contributed by atoms with Crippen molar-refractivity contribution >= 4 is 11.6 Å². The Morgan fingerprint density at radius 2 is 2.06 bits per heavy atom. The zero-order valence-corrected chi connectivity index (χ0v) is 8.84. The minimum Gasteiger partial charge on any atom is -0.399 e. The van der Waals surface area contributed by atoms with Crippen molar-refractivity contribution in [2.45, 2.75) is 18.5 Å². The Bertz CT molecular complexity index is 457. The minimum atomic E-state index is -4.45. The maximum atomic E-state index is 12.8. The number of benzene rings is 1. The fourth-order valence-electron chi connectivity index (χ4n) is 2.00. The van der Waals surface area contributed by atoms with Crippen molar-refractivity contribution in [3.05, 3.63) is 29.3 Å². The van der Waals surface area contributed by atoms with Crippen LogP contribution < -0.4 is 11.1 Å². The topological polar surface area (TPSA) is 55.1 Å². The van der Waals surface area contributed by atoms with E-state index in [4.69, 9.17) is 5.73 Å². The highest BCUT2D eigenvalue weighted by Gasteiger charge is 2.37. The van der Waals surface area contributed by atoms with Crippen LogP contribution in [-0.4, -0.2) is 12.5 Å². The molecule has 1 aliphatic heterocycles. The number of carbonyl (C=O) groups is 1. The van der Waals surface area contributed by atoms with Gasteiger partial charge in [0.15, 0.2) is 0 Å². The number of nitrogens with two attached hydrogens (primary N) is 1. The van der Waals surface area contributed by atoms with Gasteiger partial charge in [0.25, 0.3) is 0 Å². The van der Waals surface area contributed by atoms with Gasteiger partial charge in [-0.2, -0.15) is 13.2 Å². The molecule has 0 radical (unpaired) electrons. The molecule has 0 aliphatic carbocycles. The summed E-state index contributed by atoms with van der Waals surface area (Å²) in [4.78, 5) is 11.0. The molecule has 1 aromatic carbocycles. The second-order valence-electron chi connectivity index (χ2n) is 4.05. The van der Waals surface area contributed by atoms with E-state index in [9.17, 15) is 18.0 Å². The van der Waals surface area contributed by atoms with E-state index in [0.717, 1.165) is 6.07 Å². The van der Waals surface area contributed by atoms with Gasteiger partial charge in [0.2, 0.25) is 5.91 Å². The molecule has 3 nitrogen and oxygen atoms in total. The summed E-state index contributed by atoms with van der Waals surface area (Å²) in [6, 6.07) is 3.69. The van der Waals surface area contributed by atoms with Gasteiger partial charge in [0.1, 0.15) is 0 Å². The lowest BCUT2D eigenvalue weighted by molar-refractivity contribution is -0.138. The molecule has 6 heteroatoms. The average molecular weight is 244 g/mol. The Hall–Kier alpha value is -1.72. The molecule has 1 amide bonds. The smallest absolute Gasteiger partial charge is 0.399 e. The van der Waals surface area contributed by atoms with Crippen LogP contribution in [-0.2, 0) is 11.0 Å². The number of nitrogens with one attached hydrogen (secondary N) is 1. The van der Waals surface area contributed by atoms with Gasteiger partial charge in [-0.1, -0.05) is 6.07 Å². The summed E-state index contributed by atoms with van der Waals surface area (Å²) in [5, 5.41) is 2.52. The van der Waals surface area contributed by atoms with E-state index in [1.165, 1.54) is 12.1 Å². The van der Waals surface area contributed by atoms with Gasteiger partial charge in [-0.05, 0) is 17.7 Å². The van der Waals surface area contributed by atoms with Crippen molar-refractivity contribution in [3.63, 3.8) is 0 Å². The van der Waals surface area contributed by atoms with E-state index in [-0.39, 0.29) is 30.1 Å². The zero-order chi connectivity index (χ0) is 12.6. The van der Waals surface area contributed by atoms with Crippen LogP contribution in [0.5, 0.6) is 0 Å². The van der Waals surface area contributed by atoms with E-state index < -0.39 is 17.7 Å².